The maximum Gasteiger partial charge on any atom is 0.0532 e. The highest BCUT2D eigenvalue weighted by Crippen LogP contribution is 2.49. The number of rotatable bonds is 4. The average Bonchev–Trinajstić information content (AvgIpc) is 3.48. The third-order valence-corrected chi connectivity index (χ3v) is 9.17. The third-order valence-electron chi connectivity index (χ3n) is 5.31. The predicted molar refractivity (Wildman–Crippen MR) is 120 cm³/mol. The zero-order valence-electron chi connectivity index (χ0n) is 14.4. The molecule has 0 amide bonds. The van der Waals surface area contributed by atoms with Crippen molar-refractivity contribution in [2.24, 2.45) is 0 Å². The molecule has 4 aromatic heterocycles. The summed E-state index contributed by atoms with van der Waals surface area (Å²) in [6, 6.07) is 11.4. The van der Waals surface area contributed by atoms with Gasteiger partial charge in [-0.1, -0.05) is 25.3 Å². The Morgan fingerprint density at radius 2 is 1.35 bits per heavy atom. The van der Waals surface area contributed by atoms with Crippen molar-refractivity contribution in [3.05, 3.63) is 57.4 Å². The molecular weight excluding hydrogens is 393 g/mol. The SMILES string of the molecule is c1csc(-c2ccsc2-c2ccsc2-c2sccc2C2CCCCC2)c1. The van der Waals surface area contributed by atoms with E-state index in [1.54, 1.807) is 5.56 Å². The van der Waals surface area contributed by atoms with Crippen LogP contribution < -0.4 is 0 Å². The van der Waals surface area contributed by atoms with Crippen molar-refractivity contribution < 1.29 is 0 Å². The molecular formula is C22H20S4. The Labute approximate surface area is 170 Å². The highest BCUT2D eigenvalue weighted by molar-refractivity contribution is 7.22. The van der Waals surface area contributed by atoms with E-state index < -0.39 is 0 Å². The fourth-order valence-corrected chi connectivity index (χ4v) is 7.97. The highest BCUT2D eigenvalue weighted by Gasteiger charge is 2.23. The van der Waals surface area contributed by atoms with E-state index in [0.717, 1.165) is 5.92 Å². The molecule has 132 valence electrons. The van der Waals surface area contributed by atoms with Crippen molar-refractivity contribution in [2.75, 3.05) is 0 Å². The largest absolute Gasteiger partial charge is 0.144 e. The van der Waals surface area contributed by atoms with Gasteiger partial charge in [-0.25, -0.2) is 0 Å². The maximum atomic E-state index is 2.40. The molecule has 0 saturated heterocycles. The third kappa shape index (κ3) is 3.03. The van der Waals surface area contributed by atoms with Crippen LogP contribution in [0, 0.1) is 0 Å². The first-order valence-corrected chi connectivity index (χ1v) is 12.7. The molecule has 1 saturated carbocycles. The van der Waals surface area contributed by atoms with Gasteiger partial charge < -0.3 is 0 Å². The second-order valence-electron chi connectivity index (χ2n) is 6.84. The standard InChI is InChI=1S/C22H20S4/c1-2-5-15(6-3-1)16-8-12-25-21(16)22-18(10-14-26-22)20-17(9-13-24-20)19-7-4-11-23-19/h4,7-15H,1-3,5-6H2. The molecule has 26 heavy (non-hydrogen) atoms. The van der Waals surface area contributed by atoms with Gasteiger partial charge in [-0.3, -0.25) is 0 Å². The molecule has 0 radical (unpaired) electrons. The van der Waals surface area contributed by atoms with Crippen LogP contribution >= 0.6 is 45.3 Å². The zero-order valence-corrected chi connectivity index (χ0v) is 17.7. The number of hydrogen-bond acceptors (Lipinski definition) is 4. The van der Waals surface area contributed by atoms with Crippen molar-refractivity contribution >= 4 is 45.3 Å². The monoisotopic (exact) mass is 412 g/mol. The summed E-state index contributed by atoms with van der Waals surface area (Å²) < 4.78 is 0. The molecule has 1 aliphatic rings. The lowest BCUT2D eigenvalue weighted by molar-refractivity contribution is 0.445. The van der Waals surface area contributed by atoms with Gasteiger partial charge in [0.25, 0.3) is 0 Å². The second-order valence-corrected chi connectivity index (χ2v) is 10.5. The molecule has 5 rings (SSSR count). The van der Waals surface area contributed by atoms with E-state index in [4.69, 9.17) is 0 Å². The molecule has 1 aliphatic carbocycles. The molecule has 4 heteroatoms. The zero-order chi connectivity index (χ0) is 17.3. The topological polar surface area (TPSA) is 0 Å². The first kappa shape index (κ1) is 16.9. The molecule has 0 nitrogen and oxygen atoms in total. The van der Waals surface area contributed by atoms with Gasteiger partial charge in [0.05, 0.1) is 4.88 Å². The van der Waals surface area contributed by atoms with Gasteiger partial charge in [-0.05, 0) is 70.1 Å². The minimum atomic E-state index is 0.764. The Hall–Kier alpha value is -1.20. The molecule has 0 N–H and O–H groups in total. The normalized spacial score (nSPS) is 15.5. The molecule has 0 aliphatic heterocycles. The summed E-state index contributed by atoms with van der Waals surface area (Å²) in [5.41, 5.74) is 4.42. The van der Waals surface area contributed by atoms with Crippen LogP contribution in [-0.4, -0.2) is 0 Å². The van der Waals surface area contributed by atoms with Crippen LogP contribution in [0.1, 0.15) is 43.6 Å². The Bertz CT molecular complexity index is 977. The van der Waals surface area contributed by atoms with Gasteiger partial charge in [0.15, 0.2) is 0 Å². The lowest BCUT2D eigenvalue weighted by Crippen LogP contribution is -2.04. The second kappa shape index (κ2) is 7.43. The summed E-state index contributed by atoms with van der Waals surface area (Å²) in [5, 5.41) is 8.98. The molecule has 0 bridgehead atoms. The van der Waals surface area contributed by atoms with E-state index in [1.807, 2.05) is 45.3 Å². The molecule has 0 atom stereocenters. The van der Waals surface area contributed by atoms with Crippen LogP contribution in [0.5, 0.6) is 0 Å². The Kier molecular flexibility index (Phi) is 4.84. The van der Waals surface area contributed by atoms with Crippen molar-refractivity contribution in [1.82, 2.24) is 0 Å². The quantitative estimate of drug-likeness (QED) is 0.314. The van der Waals surface area contributed by atoms with Crippen molar-refractivity contribution in [2.45, 2.75) is 38.0 Å². The minimum Gasteiger partial charge on any atom is -0.144 e. The van der Waals surface area contributed by atoms with Crippen molar-refractivity contribution in [3.63, 3.8) is 0 Å². The fourth-order valence-electron chi connectivity index (χ4n) is 4.05. The molecule has 4 heterocycles. The smallest absolute Gasteiger partial charge is 0.0532 e. The molecule has 4 aromatic rings. The summed E-state index contributed by atoms with van der Waals surface area (Å²) >= 11 is 7.55. The summed E-state index contributed by atoms with van der Waals surface area (Å²) in [6.07, 6.45) is 6.93. The molecule has 0 spiro atoms. The number of hydrogen-bond donors (Lipinski definition) is 0. The first-order chi connectivity index (χ1) is 12.9. The lowest BCUT2D eigenvalue weighted by atomic mass is 9.84. The predicted octanol–water partition coefficient (Wildman–Crippen LogP) is 8.98. The molecule has 0 unspecified atom stereocenters. The molecule has 1 fully saturated rings. The summed E-state index contributed by atoms with van der Waals surface area (Å²) in [5.74, 6) is 0.764. The van der Waals surface area contributed by atoms with Crippen LogP contribution in [0.25, 0.3) is 30.6 Å². The van der Waals surface area contributed by atoms with Crippen LogP contribution in [-0.2, 0) is 0 Å². The fraction of sp³-hybridized carbons (Fsp3) is 0.273. The average molecular weight is 413 g/mol. The van der Waals surface area contributed by atoms with E-state index in [0.29, 0.717) is 0 Å². The Morgan fingerprint density at radius 1 is 0.615 bits per heavy atom. The van der Waals surface area contributed by atoms with Crippen molar-refractivity contribution in [1.29, 1.82) is 0 Å². The van der Waals surface area contributed by atoms with Crippen LogP contribution in [0.3, 0.4) is 0 Å². The van der Waals surface area contributed by atoms with Gasteiger partial charge in [0, 0.05) is 25.8 Å². The van der Waals surface area contributed by atoms with Gasteiger partial charge >= 0.3 is 0 Å². The first-order valence-electron chi connectivity index (χ1n) is 9.19. The van der Waals surface area contributed by atoms with Gasteiger partial charge in [-0.15, -0.1) is 45.3 Å². The highest BCUT2D eigenvalue weighted by atomic mass is 32.1. The van der Waals surface area contributed by atoms with E-state index in [-0.39, 0.29) is 0 Å². The maximum absolute atomic E-state index is 2.40. The Balaban J connectivity index is 1.58. The van der Waals surface area contributed by atoms with E-state index in [1.165, 1.54) is 62.7 Å². The summed E-state index contributed by atoms with van der Waals surface area (Å²) in [4.78, 5) is 5.79. The lowest BCUT2D eigenvalue weighted by Gasteiger charge is -2.22. The van der Waals surface area contributed by atoms with Gasteiger partial charge in [0.1, 0.15) is 0 Å². The minimum absolute atomic E-state index is 0.764. The van der Waals surface area contributed by atoms with Crippen molar-refractivity contribution in [3.8, 4) is 30.6 Å². The Morgan fingerprint density at radius 3 is 2.15 bits per heavy atom. The van der Waals surface area contributed by atoms with E-state index in [9.17, 15) is 0 Å². The summed E-state index contributed by atoms with van der Waals surface area (Å²) in [6.45, 7) is 0. The van der Waals surface area contributed by atoms with E-state index >= 15 is 0 Å². The van der Waals surface area contributed by atoms with Crippen LogP contribution in [0.2, 0.25) is 0 Å². The number of thiophene rings is 4. The summed E-state index contributed by atoms with van der Waals surface area (Å²) in [7, 11) is 0. The molecule has 0 aromatic carbocycles. The van der Waals surface area contributed by atoms with Gasteiger partial charge in [0.2, 0.25) is 0 Å². The van der Waals surface area contributed by atoms with Crippen LogP contribution in [0.15, 0.2) is 51.9 Å². The van der Waals surface area contributed by atoms with Crippen LogP contribution in [0.4, 0.5) is 0 Å². The van der Waals surface area contributed by atoms with E-state index in [2.05, 4.69) is 51.9 Å². The van der Waals surface area contributed by atoms with Gasteiger partial charge in [-0.2, -0.15) is 0 Å².